The van der Waals surface area contributed by atoms with Gasteiger partial charge in [0, 0.05) is 0 Å². The zero-order chi connectivity index (χ0) is 11.1. The molecule has 0 aliphatic heterocycles. The first-order valence-electron chi connectivity index (χ1n) is 4.49. The molecule has 14 heavy (non-hydrogen) atoms. The smallest absolute Gasteiger partial charge is 0.332 e. The number of hydrogen-bond donors (Lipinski definition) is 0. The molecule has 0 amide bonds. The van der Waals surface area contributed by atoms with E-state index in [1.165, 1.54) is 0 Å². The van der Waals surface area contributed by atoms with Gasteiger partial charge in [-0.15, -0.1) is 0 Å². The molecule has 0 unspecified atom stereocenters. The standard InChI is InChI=1S/C8H15NO4S/c1-4-6(3)7(9-14(11)12)8(10)13-5-2/h6-7H,4-5H2,1-3H3/t6-,7-/m0/s1. The third-order valence-electron chi connectivity index (χ3n) is 1.91. The first-order chi connectivity index (χ1) is 6.52. The summed E-state index contributed by atoms with van der Waals surface area (Å²) < 4.78 is 28.8. The highest BCUT2D eigenvalue weighted by molar-refractivity contribution is 7.61. The molecule has 5 nitrogen and oxygen atoms in total. The van der Waals surface area contributed by atoms with Crippen LogP contribution in [0.3, 0.4) is 0 Å². The van der Waals surface area contributed by atoms with Gasteiger partial charge >= 0.3 is 16.5 Å². The van der Waals surface area contributed by atoms with Gasteiger partial charge in [-0.1, -0.05) is 20.3 Å². The molecule has 0 aromatic rings. The van der Waals surface area contributed by atoms with Crippen molar-refractivity contribution in [3.8, 4) is 0 Å². The molecule has 82 valence electrons. The number of carbonyl (C=O) groups excluding carboxylic acids is 1. The maximum Gasteiger partial charge on any atom is 0.332 e. The molecular formula is C8H15NO4S. The third kappa shape index (κ3) is 4.36. The van der Waals surface area contributed by atoms with E-state index in [1.807, 2.05) is 6.92 Å². The maximum absolute atomic E-state index is 11.3. The van der Waals surface area contributed by atoms with Gasteiger partial charge < -0.3 is 4.74 Å². The van der Waals surface area contributed by atoms with Gasteiger partial charge in [-0.05, 0) is 12.8 Å². The van der Waals surface area contributed by atoms with Crippen molar-refractivity contribution in [1.82, 2.24) is 0 Å². The number of hydrogen-bond acceptors (Lipinski definition) is 5. The SMILES string of the molecule is CCOC(=O)[C@@H](N=S(=O)=O)[C@@H](C)CC. The van der Waals surface area contributed by atoms with E-state index in [4.69, 9.17) is 4.74 Å². The summed E-state index contributed by atoms with van der Waals surface area (Å²) in [5.41, 5.74) is 0. The molecule has 0 spiro atoms. The summed E-state index contributed by atoms with van der Waals surface area (Å²) in [7, 11) is -2.57. The Hall–Kier alpha value is -0.910. The van der Waals surface area contributed by atoms with E-state index < -0.39 is 22.5 Å². The molecule has 0 radical (unpaired) electrons. The molecule has 0 fully saturated rings. The summed E-state index contributed by atoms with van der Waals surface area (Å²) in [4.78, 5) is 11.3. The normalized spacial score (nSPS) is 14.2. The molecule has 0 aliphatic carbocycles. The van der Waals surface area contributed by atoms with Crippen LogP contribution in [0.2, 0.25) is 0 Å². The summed E-state index contributed by atoms with van der Waals surface area (Å²) in [5.74, 6) is -0.710. The molecule has 0 heterocycles. The summed E-state index contributed by atoms with van der Waals surface area (Å²) in [6.07, 6.45) is 0.671. The molecule has 0 aromatic heterocycles. The summed E-state index contributed by atoms with van der Waals surface area (Å²) >= 11 is 0. The number of carbonyl (C=O) groups is 1. The van der Waals surface area contributed by atoms with Crippen LogP contribution in [0.5, 0.6) is 0 Å². The fourth-order valence-electron chi connectivity index (χ4n) is 0.923. The average Bonchev–Trinajstić information content (AvgIpc) is 2.13. The lowest BCUT2D eigenvalue weighted by atomic mass is 10.0. The predicted molar refractivity (Wildman–Crippen MR) is 51.2 cm³/mol. The van der Waals surface area contributed by atoms with Crippen molar-refractivity contribution in [2.24, 2.45) is 10.3 Å². The second-order valence-electron chi connectivity index (χ2n) is 2.90. The molecule has 2 atom stereocenters. The molecule has 0 saturated carbocycles. The zero-order valence-electron chi connectivity index (χ0n) is 8.56. The fraction of sp³-hybridized carbons (Fsp3) is 0.875. The zero-order valence-corrected chi connectivity index (χ0v) is 9.37. The van der Waals surface area contributed by atoms with Crippen LogP contribution in [0.4, 0.5) is 0 Å². The molecule has 0 saturated heterocycles. The van der Waals surface area contributed by atoms with E-state index >= 15 is 0 Å². The van der Waals surface area contributed by atoms with E-state index in [1.54, 1.807) is 13.8 Å². The minimum atomic E-state index is -2.57. The fourth-order valence-corrected chi connectivity index (χ4v) is 1.40. The monoisotopic (exact) mass is 221 g/mol. The number of ether oxygens (including phenoxy) is 1. The van der Waals surface area contributed by atoms with E-state index in [2.05, 4.69) is 4.36 Å². The number of rotatable bonds is 5. The lowest BCUT2D eigenvalue weighted by molar-refractivity contribution is -0.145. The number of nitrogens with zero attached hydrogens (tertiary/aromatic N) is 1. The van der Waals surface area contributed by atoms with Crippen molar-refractivity contribution in [2.75, 3.05) is 6.61 Å². The highest BCUT2D eigenvalue weighted by atomic mass is 32.2. The summed E-state index contributed by atoms with van der Waals surface area (Å²) in [6.45, 7) is 5.52. The van der Waals surface area contributed by atoms with Gasteiger partial charge in [0.1, 0.15) is 0 Å². The number of esters is 1. The van der Waals surface area contributed by atoms with Crippen molar-refractivity contribution >= 4 is 16.5 Å². The summed E-state index contributed by atoms with van der Waals surface area (Å²) in [5, 5.41) is 0. The van der Waals surface area contributed by atoms with Gasteiger partial charge in [-0.25, -0.2) is 4.79 Å². The first kappa shape index (κ1) is 13.1. The molecule has 0 bridgehead atoms. The quantitative estimate of drug-likeness (QED) is 0.650. The Morgan fingerprint density at radius 2 is 2.00 bits per heavy atom. The van der Waals surface area contributed by atoms with E-state index in [-0.39, 0.29) is 12.5 Å². The Bertz CT molecular complexity index is 301. The van der Waals surface area contributed by atoms with Crippen molar-refractivity contribution < 1.29 is 17.9 Å². The van der Waals surface area contributed by atoms with Gasteiger partial charge in [-0.2, -0.15) is 12.8 Å². The Balaban J connectivity index is 4.72. The van der Waals surface area contributed by atoms with Crippen molar-refractivity contribution in [2.45, 2.75) is 33.2 Å². The molecule has 6 heteroatoms. The minimum Gasteiger partial charge on any atom is -0.464 e. The molecule has 0 N–H and O–H groups in total. The van der Waals surface area contributed by atoms with E-state index in [0.717, 1.165) is 0 Å². The van der Waals surface area contributed by atoms with Crippen LogP contribution < -0.4 is 0 Å². The largest absolute Gasteiger partial charge is 0.464 e. The molecular weight excluding hydrogens is 206 g/mol. The second kappa shape index (κ2) is 6.53. The van der Waals surface area contributed by atoms with Crippen LogP contribution in [-0.2, 0) is 20.0 Å². The minimum absolute atomic E-state index is 0.132. The lowest BCUT2D eigenvalue weighted by Crippen LogP contribution is -2.27. The van der Waals surface area contributed by atoms with Gasteiger partial charge in [0.15, 0.2) is 6.04 Å². The Morgan fingerprint density at radius 1 is 1.43 bits per heavy atom. The topological polar surface area (TPSA) is 72.8 Å². The van der Waals surface area contributed by atoms with Crippen molar-refractivity contribution in [3.63, 3.8) is 0 Å². The Morgan fingerprint density at radius 3 is 2.36 bits per heavy atom. The average molecular weight is 221 g/mol. The lowest BCUT2D eigenvalue weighted by Gasteiger charge is -2.14. The first-order valence-corrected chi connectivity index (χ1v) is 5.52. The van der Waals surface area contributed by atoms with Gasteiger partial charge in [0.2, 0.25) is 0 Å². The van der Waals surface area contributed by atoms with Crippen LogP contribution in [0.1, 0.15) is 27.2 Å². The van der Waals surface area contributed by atoms with Crippen LogP contribution in [0.15, 0.2) is 4.36 Å². The van der Waals surface area contributed by atoms with E-state index in [9.17, 15) is 13.2 Å². The van der Waals surface area contributed by atoms with Crippen LogP contribution in [-0.4, -0.2) is 27.0 Å². The van der Waals surface area contributed by atoms with Gasteiger partial charge in [0.25, 0.3) is 0 Å². The van der Waals surface area contributed by atoms with Crippen LogP contribution in [0.25, 0.3) is 0 Å². The Kier molecular flexibility index (Phi) is 6.11. The second-order valence-corrected chi connectivity index (χ2v) is 3.55. The molecule has 0 aromatic carbocycles. The molecule has 0 rings (SSSR count). The molecule has 0 aliphatic rings. The highest BCUT2D eigenvalue weighted by Gasteiger charge is 2.25. The van der Waals surface area contributed by atoms with Gasteiger partial charge in [-0.3, -0.25) is 0 Å². The predicted octanol–water partition coefficient (Wildman–Crippen LogP) is 1.03. The summed E-state index contributed by atoms with van der Waals surface area (Å²) in [6, 6.07) is -0.904. The van der Waals surface area contributed by atoms with Crippen molar-refractivity contribution in [1.29, 1.82) is 0 Å². The van der Waals surface area contributed by atoms with Crippen LogP contribution in [0, 0.1) is 5.92 Å². The Labute approximate surface area is 85.2 Å². The van der Waals surface area contributed by atoms with Crippen molar-refractivity contribution in [3.05, 3.63) is 0 Å². The maximum atomic E-state index is 11.3. The van der Waals surface area contributed by atoms with Gasteiger partial charge in [0.05, 0.1) is 6.61 Å². The highest BCUT2D eigenvalue weighted by Crippen LogP contribution is 2.12. The van der Waals surface area contributed by atoms with Crippen LogP contribution >= 0.6 is 0 Å². The third-order valence-corrected chi connectivity index (χ3v) is 2.31. The van der Waals surface area contributed by atoms with E-state index in [0.29, 0.717) is 6.42 Å².